The van der Waals surface area contributed by atoms with Crippen LogP contribution in [0.4, 0.5) is 0 Å². The lowest BCUT2D eigenvalue weighted by molar-refractivity contribution is -0.128. The van der Waals surface area contributed by atoms with Crippen molar-refractivity contribution in [3.05, 3.63) is 22.5 Å². The van der Waals surface area contributed by atoms with Crippen molar-refractivity contribution in [2.75, 3.05) is 6.54 Å². The molecule has 0 aromatic carbocycles. The lowest BCUT2D eigenvalue weighted by atomic mass is 9.75. The van der Waals surface area contributed by atoms with E-state index in [1.165, 1.54) is 0 Å². The second-order valence-corrected chi connectivity index (χ2v) is 9.06. The van der Waals surface area contributed by atoms with Crippen molar-refractivity contribution >= 4 is 17.6 Å². The minimum Gasteiger partial charge on any atom is -0.354 e. The molecule has 1 aliphatic carbocycles. The molecule has 154 valence electrons. The largest absolute Gasteiger partial charge is 0.354 e. The molecule has 1 saturated heterocycles. The van der Waals surface area contributed by atoms with Crippen LogP contribution in [0.2, 0.25) is 0 Å². The van der Waals surface area contributed by atoms with Crippen LogP contribution in [-0.2, 0) is 29.0 Å². The van der Waals surface area contributed by atoms with Crippen LogP contribution in [0.3, 0.4) is 0 Å². The predicted molar refractivity (Wildman–Crippen MR) is 108 cm³/mol. The van der Waals surface area contributed by atoms with Gasteiger partial charge in [-0.3, -0.25) is 14.4 Å². The number of nitrogens with zero attached hydrogens (tertiary/aromatic N) is 1. The Morgan fingerprint density at radius 2 is 2.00 bits per heavy atom. The molecule has 2 amide bonds. The third kappa shape index (κ3) is 4.15. The van der Waals surface area contributed by atoms with Crippen LogP contribution in [0.25, 0.3) is 0 Å². The van der Waals surface area contributed by atoms with Crippen LogP contribution >= 0.6 is 0 Å². The Morgan fingerprint density at radius 1 is 1.25 bits per heavy atom. The van der Waals surface area contributed by atoms with E-state index in [1.807, 2.05) is 6.92 Å². The molecule has 2 N–H and O–H groups in total. The molecule has 1 aromatic rings. The fourth-order valence-corrected chi connectivity index (χ4v) is 4.63. The summed E-state index contributed by atoms with van der Waals surface area (Å²) in [5.41, 5.74) is 3.63. The minimum absolute atomic E-state index is 0.0572. The van der Waals surface area contributed by atoms with Gasteiger partial charge in [0.05, 0.1) is 6.42 Å². The number of aromatic nitrogens is 1. The third-order valence-corrected chi connectivity index (χ3v) is 5.98. The van der Waals surface area contributed by atoms with Gasteiger partial charge in [0.2, 0.25) is 11.8 Å². The number of ketones is 1. The number of carbonyl (C=O) groups excluding carboxylic acids is 3. The van der Waals surface area contributed by atoms with E-state index in [4.69, 9.17) is 0 Å². The Morgan fingerprint density at radius 3 is 2.71 bits per heavy atom. The molecule has 6 nitrogen and oxygen atoms in total. The van der Waals surface area contributed by atoms with Gasteiger partial charge in [0.1, 0.15) is 6.04 Å². The quantitative estimate of drug-likeness (QED) is 0.815. The topological polar surface area (TPSA) is 80.2 Å². The van der Waals surface area contributed by atoms with Gasteiger partial charge in [0, 0.05) is 36.5 Å². The third-order valence-electron chi connectivity index (χ3n) is 5.98. The number of hydrogen-bond donors (Lipinski definition) is 2. The summed E-state index contributed by atoms with van der Waals surface area (Å²) in [5.74, 6) is -0.149. The molecule has 0 bridgehead atoms. The van der Waals surface area contributed by atoms with Gasteiger partial charge in [-0.1, -0.05) is 20.8 Å². The van der Waals surface area contributed by atoms with E-state index in [0.29, 0.717) is 19.4 Å². The van der Waals surface area contributed by atoms with Crippen LogP contribution in [-0.4, -0.2) is 34.8 Å². The van der Waals surface area contributed by atoms with Gasteiger partial charge < -0.3 is 15.2 Å². The van der Waals surface area contributed by atoms with Crippen molar-refractivity contribution < 1.29 is 14.4 Å². The van der Waals surface area contributed by atoms with Crippen molar-refractivity contribution in [2.45, 2.75) is 85.2 Å². The summed E-state index contributed by atoms with van der Waals surface area (Å²) in [6.07, 6.45) is 5.01. The highest BCUT2D eigenvalue weighted by Crippen LogP contribution is 2.39. The van der Waals surface area contributed by atoms with E-state index in [0.717, 1.165) is 54.7 Å². The lowest BCUT2D eigenvalue weighted by Gasteiger charge is -2.30. The number of Topliss-reactive ketones (excluding diaryl/α,β-unsaturated/α-hetero) is 1. The molecular weight excluding hydrogens is 354 g/mol. The molecule has 3 rings (SSSR count). The number of hydrogen-bond acceptors (Lipinski definition) is 3. The van der Waals surface area contributed by atoms with Crippen LogP contribution < -0.4 is 10.6 Å². The maximum absolute atomic E-state index is 13.0. The number of nitrogens with one attached hydrogen (secondary N) is 2. The first kappa shape index (κ1) is 20.6. The van der Waals surface area contributed by atoms with E-state index < -0.39 is 6.04 Å². The van der Waals surface area contributed by atoms with Crippen molar-refractivity contribution in [3.8, 4) is 0 Å². The Labute approximate surface area is 167 Å². The SMILES string of the molecule is CCCn1c(C)c(CC(=O)N[C@H]2CCCCNC2=O)c2c1CC(C)(C)CC2=O. The zero-order chi connectivity index (χ0) is 20.5. The first-order valence-electron chi connectivity index (χ1n) is 10.5. The molecule has 0 spiro atoms. The van der Waals surface area contributed by atoms with Gasteiger partial charge in [0.15, 0.2) is 5.78 Å². The van der Waals surface area contributed by atoms with Crippen LogP contribution in [0.15, 0.2) is 0 Å². The molecule has 0 unspecified atom stereocenters. The fraction of sp³-hybridized carbons (Fsp3) is 0.682. The molecule has 2 heterocycles. The first-order valence-corrected chi connectivity index (χ1v) is 10.5. The molecule has 0 radical (unpaired) electrons. The monoisotopic (exact) mass is 387 g/mol. The first-order chi connectivity index (χ1) is 13.2. The molecule has 28 heavy (non-hydrogen) atoms. The normalized spacial score (nSPS) is 21.6. The highest BCUT2D eigenvalue weighted by molar-refractivity contribution is 6.02. The summed E-state index contributed by atoms with van der Waals surface area (Å²) in [6.45, 7) is 9.91. The number of amides is 2. The number of carbonyl (C=O) groups is 3. The van der Waals surface area contributed by atoms with Crippen molar-refractivity contribution in [3.63, 3.8) is 0 Å². The van der Waals surface area contributed by atoms with Gasteiger partial charge in [-0.25, -0.2) is 0 Å². The van der Waals surface area contributed by atoms with Gasteiger partial charge in [-0.05, 0) is 50.0 Å². The molecule has 1 fully saturated rings. The van der Waals surface area contributed by atoms with E-state index in [-0.39, 0.29) is 29.4 Å². The number of fused-ring (bicyclic) bond motifs is 1. The standard InChI is InChI=1S/C22H33N3O3/c1-5-10-25-14(2)15(20-17(25)12-22(3,4)13-18(20)26)11-19(27)24-16-8-6-7-9-23-21(16)28/h16H,5-13H2,1-4H3,(H,23,28)(H,24,27)/t16-/m0/s1. The summed E-state index contributed by atoms with van der Waals surface area (Å²) in [5, 5.41) is 5.74. The molecule has 1 atom stereocenters. The van der Waals surface area contributed by atoms with E-state index in [1.54, 1.807) is 0 Å². The van der Waals surface area contributed by atoms with Crippen LogP contribution in [0.1, 0.15) is 80.2 Å². The second-order valence-electron chi connectivity index (χ2n) is 9.06. The van der Waals surface area contributed by atoms with E-state index in [9.17, 15) is 14.4 Å². The zero-order valence-corrected chi connectivity index (χ0v) is 17.6. The Bertz CT molecular complexity index is 791. The summed E-state index contributed by atoms with van der Waals surface area (Å²) in [6, 6.07) is -0.474. The smallest absolute Gasteiger partial charge is 0.242 e. The number of rotatable bonds is 5. The molecule has 0 saturated carbocycles. The summed E-state index contributed by atoms with van der Waals surface area (Å²) in [4.78, 5) is 37.8. The fourth-order valence-electron chi connectivity index (χ4n) is 4.63. The highest BCUT2D eigenvalue weighted by Gasteiger charge is 2.37. The lowest BCUT2D eigenvalue weighted by Crippen LogP contribution is -2.46. The molecule has 2 aliphatic rings. The van der Waals surface area contributed by atoms with Crippen molar-refractivity contribution in [2.24, 2.45) is 5.41 Å². The highest BCUT2D eigenvalue weighted by atomic mass is 16.2. The van der Waals surface area contributed by atoms with E-state index >= 15 is 0 Å². The summed E-state index contributed by atoms with van der Waals surface area (Å²) >= 11 is 0. The van der Waals surface area contributed by atoms with Crippen LogP contribution in [0, 0.1) is 12.3 Å². The zero-order valence-electron chi connectivity index (χ0n) is 17.6. The molecule has 6 heteroatoms. The van der Waals surface area contributed by atoms with Crippen LogP contribution in [0.5, 0.6) is 0 Å². The summed E-state index contributed by atoms with van der Waals surface area (Å²) < 4.78 is 2.23. The molecule has 1 aliphatic heterocycles. The Balaban J connectivity index is 1.86. The van der Waals surface area contributed by atoms with Gasteiger partial charge >= 0.3 is 0 Å². The summed E-state index contributed by atoms with van der Waals surface area (Å²) in [7, 11) is 0. The minimum atomic E-state index is -0.474. The average Bonchev–Trinajstić information content (AvgIpc) is 2.73. The van der Waals surface area contributed by atoms with Gasteiger partial charge in [-0.2, -0.15) is 0 Å². The maximum Gasteiger partial charge on any atom is 0.242 e. The second kappa shape index (κ2) is 8.10. The maximum atomic E-state index is 13.0. The average molecular weight is 388 g/mol. The van der Waals surface area contributed by atoms with Crippen molar-refractivity contribution in [1.82, 2.24) is 15.2 Å². The predicted octanol–water partition coefficient (Wildman–Crippen LogP) is 2.69. The van der Waals surface area contributed by atoms with Gasteiger partial charge in [0.25, 0.3) is 0 Å². The van der Waals surface area contributed by atoms with Crippen molar-refractivity contribution in [1.29, 1.82) is 0 Å². The molecule has 1 aromatic heterocycles. The Hall–Kier alpha value is -2.11. The van der Waals surface area contributed by atoms with Gasteiger partial charge in [-0.15, -0.1) is 0 Å². The van der Waals surface area contributed by atoms with E-state index in [2.05, 4.69) is 36.0 Å². The Kier molecular flexibility index (Phi) is 5.96. The molecular formula is C22H33N3O3.